The Kier molecular flexibility index (Phi) is 2.65. The highest BCUT2D eigenvalue weighted by molar-refractivity contribution is 5.84. The van der Waals surface area contributed by atoms with Crippen molar-refractivity contribution < 1.29 is 4.79 Å². The lowest BCUT2D eigenvalue weighted by molar-refractivity contribution is 0.112. The number of H-pyrrole nitrogens is 1. The van der Waals surface area contributed by atoms with Crippen molar-refractivity contribution in [2.24, 2.45) is 0 Å². The Morgan fingerprint density at radius 1 is 1.11 bits per heavy atom. The number of carbonyl (C=O) groups excluding carboxylic acids is 1. The highest BCUT2D eigenvalue weighted by Crippen LogP contribution is 2.15. The molecular weight excluding hydrogens is 224 g/mol. The molecule has 3 aromatic rings. The second-order valence-electron chi connectivity index (χ2n) is 4.24. The van der Waals surface area contributed by atoms with E-state index in [1.165, 1.54) is 5.56 Å². The fourth-order valence-electron chi connectivity index (χ4n) is 2.02. The summed E-state index contributed by atoms with van der Waals surface area (Å²) in [5, 5.41) is 0. The summed E-state index contributed by atoms with van der Waals surface area (Å²) in [4.78, 5) is 18.5. The molecule has 0 spiro atoms. The number of hydrogen-bond acceptors (Lipinski definition) is 2. The van der Waals surface area contributed by atoms with E-state index >= 15 is 0 Å². The van der Waals surface area contributed by atoms with Gasteiger partial charge in [-0.1, -0.05) is 30.3 Å². The number of rotatable bonds is 3. The first kappa shape index (κ1) is 10.7. The number of aromatic amines is 1. The van der Waals surface area contributed by atoms with Gasteiger partial charge in [0.05, 0.1) is 11.0 Å². The van der Waals surface area contributed by atoms with Crippen LogP contribution in [0.1, 0.15) is 21.7 Å². The van der Waals surface area contributed by atoms with E-state index < -0.39 is 0 Å². The molecule has 0 aliphatic carbocycles. The highest BCUT2D eigenvalue weighted by atomic mass is 16.1. The van der Waals surface area contributed by atoms with Crippen LogP contribution in [-0.4, -0.2) is 16.3 Å². The van der Waals surface area contributed by atoms with Gasteiger partial charge >= 0.3 is 0 Å². The molecule has 2 aromatic carbocycles. The lowest BCUT2D eigenvalue weighted by Gasteiger charge is -1.96. The Morgan fingerprint density at radius 3 is 2.72 bits per heavy atom. The van der Waals surface area contributed by atoms with E-state index in [-0.39, 0.29) is 0 Å². The SMILES string of the molecule is O=Cc1ccc2[nH]c(Cc3ccccc3)nc2c1. The third-order valence-electron chi connectivity index (χ3n) is 2.91. The summed E-state index contributed by atoms with van der Waals surface area (Å²) in [6.45, 7) is 0. The normalized spacial score (nSPS) is 10.7. The molecule has 1 N–H and O–H groups in total. The molecule has 3 nitrogen and oxygen atoms in total. The Morgan fingerprint density at radius 2 is 1.94 bits per heavy atom. The van der Waals surface area contributed by atoms with Gasteiger partial charge in [-0.3, -0.25) is 4.79 Å². The van der Waals surface area contributed by atoms with Crippen molar-refractivity contribution in [1.82, 2.24) is 9.97 Å². The molecule has 0 fully saturated rings. The largest absolute Gasteiger partial charge is 0.342 e. The summed E-state index contributed by atoms with van der Waals surface area (Å²) < 4.78 is 0. The Labute approximate surface area is 104 Å². The lowest BCUT2D eigenvalue weighted by Crippen LogP contribution is -1.89. The van der Waals surface area contributed by atoms with Crippen LogP contribution in [0, 0.1) is 0 Å². The molecular formula is C15H12N2O. The van der Waals surface area contributed by atoms with Crippen LogP contribution in [0.15, 0.2) is 48.5 Å². The van der Waals surface area contributed by atoms with Crippen LogP contribution in [0.3, 0.4) is 0 Å². The van der Waals surface area contributed by atoms with Gasteiger partial charge in [0, 0.05) is 12.0 Å². The molecule has 18 heavy (non-hydrogen) atoms. The molecule has 0 aliphatic rings. The topological polar surface area (TPSA) is 45.8 Å². The van der Waals surface area contributed by atoms with Gasteiger partial charge in [-0.2, -0.15) is 0 Å². The van der Waals surface area contributed by atoms with Crippen molar-refractivity contribution in [3.8, 4) is 0 Å². The predicted octanol–water partition coefficient (Wildman–Crippen LogP) is 2.97. The number of aromatic nitrogens is 2. The van der Waals surface area contributed by atoms with Crippen molar-refractivity contribution in [2.75, 3.05) is 0 Å². The predicted molar refractivity (Wildman–Crippen MR) is 70.7 cm³/mol. The van der Waals surface area contributed by atoms with Gasteiger partial charge in [0.2, 0.25) is 0 Å². The number of imidazole rings is 1. The van der Waals surface area contributed by atoms with Crippen LogP contribution >= 0.6 is 0 Å². The van der Waals surface area contributed by atoms with Gasteiger partial charge in [-0.15, -0.1) is 0 Å². The monoisotopic (exact) mass is 236 g/mol. The van der Waals surface area contributed by atoms with E-state index in [1.54, 1.807) is 12.1 Å². The van der Waals surface area contributed by atoms with Crippen molar-refractivity contribution in [3.63, 3.8) is 0 Å². The van der Waals surface area contributed by atoms with Crippen LogP contribution in [0.2, 0.25) is 0 Å². The lowest BCUT2D eigenvalue weighted by atomic mass is 10.1. The first-order valence-corrected chi connectivity index (χ1v) is 5.83. The molecule has 0 saturated heterocycles. The molecule has 1 aromatic heterocycles. The minimum atomic E-state index is 0.653. The second-order valence-corrected chi connectivity index (χ2v) is 4.24. The molecule has 0 aliphatic heterocycles. The fourth-order valence-corrected chi connectivity index (χ4v) is 2.02. The molecule has 3 rings (SSSR count). The molecule has 0 amide bonds. The van der Waals surface area contributed by atoms with Crippen LogP contribution in [-0.2, 0) is 6.42 Å². The summed E-state index contributed by atoms with van der Waals surface area (Å²) in [6, 6.07) is 15.7. The maximum absolute atomic E-state index is 10.7. The number of carbonyl (C=O) groups is 1. The van der Waals surface area contributed by atoms with E-state index in [0.29, 0.717) is 5.56 Å². The third kappa shape index (κ3) is 2.02. The fraction of sp³-hybridized carbons (Fsp3) is 0.0667. The molecule has 0 atom stereocenters. The van der Waals surface area contributed by atoms with Crippen LogP contribution in [0.5, 0.6) is 0 Å². The van der Waals surface area contributed by atoms with Gasteiger partial charge in [0.1, 0.15) is 12.1 Å². The number of nitrogens with zero attached hydrogens (tertiary/aromatic N) is 1. The quantitative estimate of drug-likeness (QED) is 0.710. The summed E-state index contributed by atoms with van der Waals surface area (Å²) in [5.41, 5.74) is 3.67. The van der Waals surface area contributed by atoms with E-state index in [1.807, 2.05) is 24.3 Å². The molecule has 0 bridgehead atoms. The average molecular weight is 236 g/mol. The third-order valence-corrected chi connectivity index (χ3v) is 2.91. The van der Waals surface area contributed by atoms with Crippen molar-refractivity contribution >= 4 is 17.3 Å². The second kappa shape index (κ2) is 4.45. The van der Waals surface area contributed by atoms with Gasteiger partial charge in [0.15, 0.2) is 0 Å². The van der Waals surface area contributed by atoms with Crippen LogP contribution < -0.4 is 0 Å². The number of aldehydes is 1. The minimum absolute atomic E-state index is 0.653. The number of benzene rings is 2. The zero-order valence-electron chi connectivity index (χ0n) is 9.76. The standard InChI is InChI=1S/C15H12N2O/c18-10-12-6-7-13-14(8-12)17-15(16-13)9-11-4-2-1-3-5-11/h1-8,10H,9H2,(H,16,17). The molecule has 0 unspecified atom stereocenters. The van der Waals surface area contributed by atoms with Crippen molar-refractivity contribution in [3.05, 3.63) is 65.5 Å². The van der Waals surface area contributed by atoms with Crippen molar-refractivity contribution in [1.29, 1.82) is 0 Å². The van der Waals surface area contributed by atoms with Crippen LogP contribution in [0.25, 0.3) is 11.0 Å². The summed E-state index contributed by atoms with van der Waals surface area (Å²) in [7, 11) is 0. The van der Waals surface area contributed by atoms with E-state index in [0.717, 1.165) is 29.6 Å². The first-order valence-electron chi connectivity index (χ1n) is 5.83. The minimum Gasteiger partial charge on any atom is -0.342 e. The summed E-state index contributed by atoms with van der Waals surface area (Å²) in [5.74, 6) is 0.916. The van der Waals surface area contributed by atoms with E-state index in [9.17, 15) is 4.79 Å². The van der Waals surface area contributed by atoms with Crippen LogP contribution in [0.4, 0.5) is 0 Å². The smallest absolute Gasteiger partial charge is 0.150 e. The summed E-state index contributed by atoms with van der Waals surface area (Å²) in [6.07, 6.45) is 1.61. The molecule has 88 valence electrons. The molecule has 1 heterocycles. The average Bonchev–Trinajstić information content (AvgIpc) is 2.80. The maximum Gasteiger partial charge on any atom is 0.150 e. The van der Waals surface area contributed by atoms with Crippen molar-refractivity contribution in [2.45, 2.75) is 6.42 Å². The van der Waals surface area contributed by atoms with Gasteiger partial charge in [-0.25, -0.2) is 4.98 Å². The van der Waals surface area contributed by atoms with Gasteiger partial charge < -0.3 is 4.98 Å². The summed E-state index contributed by atoms with van der Waals surface area (Å²) >= 11 is 0. The van der Waals surface area contributed by atoms with Gasteiger partial charge in [0.25, 0.3) is 0 Å². The number of fused-ring (bicyclic) bond motifs is 1. The molecule has 0 radical (unpaired) electrons. The molecule has 0 saturated carbocycles. The number of nitrogens with one attached hydrogen (secondary N) is 1. The zero-order chi connectivity index (χ0) is 12.4. The maximum atomic E-state index is 10.7. The Balaban J connectivity index is 1.96. The van der Waals surface area contributed by atoms with E-state index in [2.05, 4.69) is 22.1 Å². The first-order chi connectivity index (χ1) is 8.85. The highest BCUT2D eigenvalue weighted by Gasteiger charge is 2.04. The number of hydrogen-bond donors (Lipinski definition) is 1. The molecule has 3 heteroatoms. The van der Waals surface area contributed by atoms with Gasteiger partial charge in [-0.05, 0) is 23.8 Å². The Hall–Kier alpha value is -2.42. The van der Waals surface area contributed by atoms with E-state index in [4.69, 9.17) is 0 Å². The Bertz CT molecular complexity index is 686. The zero-order valence-corrected chi connectivity index (χ0v) is 9.76.